The molecule has 2 saturated carbocycles. The first-order valence-electron chi connectivity index (χ1n) is 12.2. The average Bonchev–Trinajstić information content (AvgIpc) is 3.05. The van der Waals surface area contributed by atoms with Crippen LogP contribution in [-0.4, -0.2) is 30.1 Å². The Morgan fingerprint density at radius 2 is 2.00 bits per heavy atom. The molecule has 0 heterocycles. The number of hydrogen-bond acceptors (Lipinski definition) is 3. The van der Waals surface area contributed by atoms with Gasteiger partial charge in [0.2, 0.25) is 0 Å². The molecule has 2 fully saturated rings. The van der Waals surface area contributed by atoms with Crippen LogP contribution >= 0.6 is 0 Å². The molecule has 1 unspecified atom stereocenters. The zero-order chi connectivity index (χ0) is 23.7. The molecule has 3 rings (SSSR count). The van der Waals surface area contributed by atoms with E-state index < -0.39 is 14.6 Å². The summed E-state index contributed by atoms with van der Waals surface area (Å²) in [6, 6.07) is 0. The van der Waals surface area contributed by atoms with Gasteiger partial charge in [0.1, 0.15) is 0 Å². The lowest BCUT2D eigenvalue weighted by Crippen LogP contribution is -2.32. The summed E-state index contributed by atoms with van der Waals surface area (Å²) in [4.78, 5) is 0. The summed E-state index contributed by atoms with van der Waals surface area (Å²) in [5.41, 5.74) is 5.48. The van der Waals surface area contributed by atoms with E-state index in [0.717, 1.165) is 25.7 Å². The van der Waals surface area contributed by atoms with Crippen LogP contribution in [0.1, 0.15) is 79.6 Å². The summed E-state index contributed by atoms with van der Waals surface area (Å²) in [5.74, 6) is 0.855. The molecule has 0 amide bonds. The molecule has 0 radical (unpaired) electrons. The fraction of sp³-hybridized carbons (Fsp3) is 0.643. The first kappa shape index (κ1) is 25.2. The number of rotatable bonds is 5. The van der Waals surface area contributed by atoms with Gasteiger partial charge >= 0.3 is 0 Å². The largest absolute Gasteiger partial charge is 0.393 e. The quantitative estimate of drug-likeness (QED) is 0.480. The van der Waals surface area contributed by atoms with Crippen LogP contribution in [0.2, 0.25) is 0 Å². The van der Waals surface area contributed by atoms with Crippen LogP contribution in [0.3, 0.4) is 0 Å². The summed E-state index contributed by atoms with van der Waals surface area (Å²) in [7, 11) is -3.14. The number of aliphatic hydroxyl groups excluding tert-OH is 1. The van der Waals surface area contributed by atoms with E-state index >= 15 is 0 Å². The van der Waals surface area contributed by atoms with Crippen molar-refractivity contribution in [3.63, 3.8) is 0 Å². The summed E-state index contributed by atoms with van der Waals surface area (Å²) in [5, 5.41) is 10.0. The van der Waals surface area contributed by atoms with E-state index in [2.05, 4.69) is 44.7 Å². The third-order valence-electron chi connectivity index (χ3n) is 7.96. The molecule has 3 nitrogen and oxygen atoms in total. The van der Waals surface area contributed by atoms with Gasteiger partial charge in [0, 0.05) is 0 Å². The van der Waals surface area contributed by atoms with Crippen molar-refractivity contribution in [1.29, 1.82) is 0 Å². The van der Waals surface area contributed by atoms with Gasteiger partial charge in [0.05, 0.1) is 16.6 Å². The van der Waals surface area contributed by atoms with Crippen LogP contribution < -0.4 is 0 Å². The Labute approximate surface area is 196 Å². The van der Waals surface area contributed by atoms with E-state index in [4.69, 9.17) is 0 Å². The first-order valence-corrected chi connectivity index (χ1v) is 13.9. The zero-order valence-corrected chi connectivity index (χ0v) is 21.5. The van der Waals surface area contributed by atoms with Crippen LogP contribution in [0.5, 0.6) is 0 Å². The smallest absolute Gasteiger partial charge is 0.158 e. The second kappa shape index (κ2) is 9.46. The lowest BCUT2D eigenvalue weighted by atomic mass is 9.62. The molecule has 3 aliphatic rings. The Kier molecular flexibility index (Phi) is 7.46. The third-order valence-corrected chi connectivity index (χ3v) is 10.5. The van der Waals surface area contributed by atoms with Crippen molar-refractivity contribution in [2.45, 2.75) is 90.4 Å². The molecule has 0 spiro atoms. The number of allylic oxidation sites excluding steroid dienone is 7. The van der Waals surface area contributed by atoms with E-state index in [0.29, 0.717) is 12.3 Å². The van der Waals surface area contributed by atoms with E-state index in [-0.39, 0.29) is 23.2 Å². The van der Waals surface area contributed by atoms with Gasteiger partial charge in [0.25, 0.3) is 0 Å². The molecule has 0 saturated heterocycles. The van der Waals surface area contributed by atoms with Gasteiger partial charge in [0.15, 0.2) is 9.84 Å². The van der Waals surface area contributed by atoms with Gasteiger partial charge in [-0.1, -0.05) is 67.5 Å². The van der Waals surface area contributed by atoms with Crippen LogP contribution in [-0.2, 0) is 9.84 Å². The predicted octanol–water partition coefficient (Wildman–Crippen LogP) is 6.48. The standard InChI is InChI=1S/C28H42O3S/c1-20-11-14-24(29)19-23(20)13-12-22-10-7-17-28(6)25(15-16-26(22)28)21(2)9-8-18-32(30,31)27(3,4)5/h8-9,12-13,15,21,24,26,29H,1,7,10-11,14,16-19H2,2-6H3/b9-8+,22-12+,23-13-/t21-,24+,26+,28?/m1/s1. The summed E-state index contributed by atoms with van der Waals surface area (Å²) < 4.78 is 24.1. The maximum atomic E-state index is 12.4. The normalized spacial score (nSPS) is 33.1. The zero-order valence-electron chi connectivity index (χ0n) is 20.7. The van der Waals surface area contributed by atoms with E-state index in [1.54, 1.807) is 20.8 Å². The van der Waals surface area contributed by atoms with E-state index in [1.807, 2.05) is 6.08 Å². The van der Waals surface area contributed by atoms with Crippen molar-refractivity contribution in [3.8, 4) is 0 Å². The Bertz CT molecular complexity index is 955. The van der Waals surface area contributed by atoms with Crippen molar-refractivity contribution in [2.24, 2.45) is 17.3 Å². The first-order chi connectivity index (χ1) is 14.8. The van der Waals surface area contributed by atoms with Gasteiger partial charge in [-0.25, -0.2) is 8.42 Å². The minimum atomic E-state index is -3.14. The minimum absolute atomic E-state index is 0.0999. The van der Waals surface area contributed by atoms with Gasteiger partial charge in [-0.15, -0.1) is 0 Å². The minimum Gasteiger partial charge on any atom is -0.393 e. The Morgan fingerprint density at radius 1 is 1.28 bits per heavy atom. The molecule has 0 aliphatic heterocycles. The van der Waals surface area contributed by atoms with Gasteiger partial charge in [-0.3, -0.25) is 0 Å². The lowest BCUT2D eigenvalue weighted by molar-refractivity contribution is 0.158. The fourth-order valence-corrected chi connectivity index (χ4v) is 6.56. The van der Waals surface area contributed by atoms with Crippen LogP contribution in [0.25, 0.3) is 0 Å². The van der Waals surface area contributed by atoms with Crippen LogP contribution in [0.15, 0.2) is 59.3 Å². The predicted molar refractivity (Wildman–Crippen MR) is 135 cm³/mol. The molecule has 3 aliphatic carbocycles. The Morgan fingerprint density at radius 3 is 2.69 bits per heavy atom. The topological polar surface area (TPSA) is 54.4 Å². The highest BCUT2D eigenvalue weighted by Gasteiger charge is 2.45. The highest BCUT2D eigenvalue weighted by molar-refractivity contribution is 7.92. The highest BCUT2D eigenvalue weighted by Crippen LogP contribution is 2.56. The monoisotopic (exact) mass is 458 g/mol. The summed E-state index contributed by atoms with van der Waals surface area (Å²) >= 11 is 0. The highest BCUT2D eigenvalue weighted by atomic mass is 32.2. The number of sulfone groups is 1. The van der Waals surface area contributed by atoms with Gasteiger partial charge in [-0.05, 0) is 88.5 Å². The second-order valence-electron chi connectivity index (χ2n) is 11.3. The SMILES string of the molecule is C=C1CC[C@H](O)C/C1=C/C=C1\CCCC2(C)C([C@H](C)/C=C/CS(=O)(=O)C(C)(C)C)=CC[C@@H]12. The van der Waals surface area contributed by atoms with Crippen molar-refractivity contribution < 1.29 is 13.5 Å². The van der Waals surface area contributed by atoms with Crippen molar-refractivity contribution in [1.82, 2.24) is 0 Å². The molecule has 32 heavy (non-hydrogen) atoms. The Balaban J connectivity index is 1.74. The number of fused-ring (bicyclic) bond motifs is 1. The molecule has 4 atom stereocenters. The molecule has 0 bridgehead atoms. The third kappa shape index (κ3) is 5.22. The van der Waals surface area contributed by atoms with Gasteiger partial charge < -0.3 is 5.11 Å². The van der Waals surface area contributed by atoms with E-state index in [9.17, 15) is 13.5 Å². The van der Waals surface area contributed by atoms with Crippen molar-refractivity contribution in [3.05, 3.63) is 59.3 Å². The van der Waals surface area contributed by atoms with Gasteiger partial charge in [-0.2, -0.15) is 0 Å². The second-order valence-corrected chi connectivity index (χ2v) is 14.1. The summed E-state index contributed by atoms with van der Waals surface area (Å²) in [6.45, 7) is 14.1. The molecule has 4 heteroatoms. The van der Waals surface area contributed by atoms with Crippen molar-refractivity contribution >= 4 is 9.84 Å². The maximum absolute atomic E-state index is 12.4. The molecule has 0 aromatic carbocycles. The molecule has 0 aromatic rings. The number of aliphatic hydroxyl groups is 1. The Hall–Kier alpha value is -1.39. The maximum Gasteiger partial charge on any atom is 0.158 e. The molecular weight excluding hydrogens is 416 g/mol. The number of hydrogen-bond donors (Lipinski definition) is 1. The summed E-state index contributed by atoms with van der Waals surface area (Å²) in [6.07, 6.45) is 17.6. The molecule has 0 aromatic heterocycles. The fourth-order valence-electron chi connectivity index (χ4n) is 5.69. The average molecular weight is 459 g/mol. The van der Waals surface area contributed by atoms with Crippen LogP contribution in [0, 0.1) is 17.3 Å². The molecular formula is C28H42O3S. The van der Waals surface area contributed by atoms with Crippen LogP contribution in [0.4, 0.5) is 0 Å². The van der Waals surface area contributed by atoms with E-state index in [1.165, 1.54) is 35.1 Å². The lowest BCUT2D eigenvalue weighted by Gasteiger charge is -2.42. The molecule has 1 N–H and O–H groups in total. The molecule has 178 valence electrons. The van der Waals surface area contributed by atoms with Crippen molar-refractivity contribution in [2.75, 3.05) is 5.75 Å².